The Morgan fingerprint density at radius 3 is 2.50 bits per heavy atom. The van der Waals surface area contributed by atoms with Crippen LogP contribution in [0, 0.1) is 0 Å². The zero-order valence-electron chi connectivity index (χ0n) is 18.9. The van der Waals surface area contributed by atoms with E-state index in [2.05, 4.69) is 20.6 Å². The van der Waals surface area contributed by atoms with Gasteiger partial charge < -0.3 is 20.1 Å². The number of nitrogens with zero attached hydrogens (tertiary/aromatic N) is 4. The number of amides is 3. The number of carbonyl (C=O) groups is 3. The quantitative estimate of drug-likeness (QED) is 0.562. The van der Waals surface area contributed by atoms with Crippen LogP contribution < -0.4 is 10.6 Å². The van der Waals surface area contributed by atoms with Crippen molar-refractivity contribution in [3.8, 4) is 0 Å². The van der Waals surface area contributed by atoms with Gasteiger partial charge >= 0.3 is 0 Å². The molecule has 1 aromatic carbocycles. The number of imidazole rings is 1. The third-order valence-corrected chi connectivity index (χ3v) is 6.34. The number of carbonyl (C=O) groups excluding carboxylic acids is 3. The Balaban J connectivity index is 1.37. The van der Waals surface area contributed by atoms with Gasteiger partial charge in [0.15, 0.2) is 5.69 Å². The lowest BCUT2D eigenvalue weighted by Gasteiger charge is -2.44. The number of pyridine rings is 1. The molecule has 3 aromatic rings. The summed E-state index contributed by atoms with van der Waals surface area (Å²) in [6.07, 6.45) is 4.79. The van der Waals surface area contributed by atoms with Crippen molar-refractivity contribution in [2.45, 2.75) is 51.0 Å². The van der Waals surface area contributed by atoms with Gasteiger partial charge in [0.1, 0.15) is 11.2 Å². The van der Waals surface area contributed by atoms with E-state index < -0.39 is 11.4 Å². The third-order valence-electron chi connectivity index (χ3n) is 6.34. The van der Waals surface area contributed by atoms with E-state index in [1.807, 2.05) is 42.5 Å². The van der Waals surface area contributed by atoms with Gasteiger partial charge in [-0.3, -0.25) is 19.4 Å². The van der Waals surface area contributed by atoms with E-state index in [0.29, 0.717) is 12.2 Å². The van der Waals surface area contributed by atoms with Crippen LogP contribution in [0.1, 0.15) is 52.0 Å². The summed E-state index contributed by atoms with van der Waals surface area (Å²) in [4.78, 5) is 50.0. The van der Waals surface area contributed by atoms with Crippen molar-refractivity contribution in [1.82, 2.24) is 30.1 Å². The maximum Gasteiger partial charge on any atom is 0.274 e. The van der Waals surface area contributed by atoms with Crippen LogP contribution in [0.4, 0.5) is 0 Å². The van der Waals surface area contributed by atoms with Crippen molar-refractivity contribution in [2.24, 2.45) is 0 Å². The smallest absolute Gasteiger partial charge is 0.274 e. The second-order valence-corrected chi connectivity index (χ2v) is 8.92. The number of hydrogen-bond donors (Lipinski definition) is 2. The van der Waals surface area contributed by atoms with E-state index in [4.69, 9.17) is 0 Å². The van der Waals surface area contributed by atoms with Crippen molar-refractivity contribution >= 4 is 17.7 Å². The molecule has 3 amide bonds. The number of benzene rings is 1. The fourth-order valence-corrected chi connectivity index (χ4v) is 4.45. The molecule has 174 valence electrons. The third kappa shape index (κ3) is 4.05. The van der Waals surface area contributed by atoms with Crippen molar-refractivity contribution in [3.63, 3.8) is 0 Å². The SMILES string of the molecule is CC1(C(=O)NCc2ccccc2)Cn2cnc(C(=O)NCc3ccccn3)c2C(=O)N1C1CC1. The first-order valence-electron chi connectivity index (χ1n) is 11.4. The molecular weight excluding hydrogens is 432 g/mol. The Kier molecular flexibility index (Phi) is 5.61. The summed E-state index contributed by atoms with van der Waals surface area (Å²) in [6.45, 7) is 2.62. The van der Waals surface area contributed by atoms with Crippen LogP contribution in [0.25, 0.3) is 0 Å². The molecule has 5 rings (SSSR count). The van der Waals surface area contributed by atoms with Crippen LogP contribution >= 0.6 is 0 Å². The first-order valence-corrected chi connectivity index (χ1v) is 11.4. The summed E-state index contributed by atoms with van der Waals surface area (Å²) < 4.78 is 1.62. The molecule has 2 aromatic heterocycles. The second-order valence-electron chi connectivity index (χ2n) is 8.92. The minimum Gasteiger partial charge on any atom is -0.350 e. The number of nitrogens with one attached hydrogen (secondary N) is 2. The highest BCUT2D eigenvalue weighted by Crippen LogP contribution is 2.38. The summed E-state index contributed by atoms with van der Waals surface area (Å²) in [5.74, 6) is -1.01. The van der Waals surface area contributed by atoms with Crippen LogP contribution in [0.5, 0.6) is 0 Å². The van der Waals surface area contributed by atoms with E-state index in [1.165, 1.54) is 6.33 Å². The molecule has 0 bridgehead atoms. The fraction of sp³-hybridized carbons (Fsp3) is 0.320. The highest BCUT2D eigenvalue weighted by molar-refractivity contribution is 6.07. The highest BCUT2D eigenvalue weighted by Gasteiger charge is 2.53. The first-order chi connectivity index (χ1) is 16.5. The Morgan fingerprint density at radius 2 is 1.79 bits per heavy atom. The molecule has 1 aliphatic heterocycles. The van der Waals surface area contributed by atoms with Gasteiger partial charge in [0, 0.05) is 18.8 Å². The highest BCUT2D eigenvalue weighted by atomic mass is 16.2. The average Bonchev–Trinajstić information content (AvgIpc) is 3.60. The van der Waals surface area contributed by atoms with E-state index >= 15 is 0 Å². The molecule has 9 heteroatoms. The van der Waals surface area contributed by atoms with Crippen LogP contribution in [0.15, 0.2) is 61.1 Å². The molecule has 3 heterocycles. The molecule has 1 unspecified atom stereocenters. The van der Waals surface area contributed by atoms with Crippen LogP contribution in [-0.4, -0.2) is 48.7 Å². The molecule has 1 saturated carbocycles. The van der Waals surface area contributed by atoms with Crippen molar-refractivity contribution < 1.29 is 14.4 Å². The molecule has 0 spiro atoms. The van der Waals surface area contributed by atoms with Crippen LogP contribution in [-0.2, 0) is 24.4 Å². The molecule has 0 radical (unpaired) electrons. The zero-order chi connectivity index (χ0) is 23.7. The molecule has 0 saturated heterocycles. The lowest BCUT2D eigenvalue weighted by Crippen LogP contribution is -2.64. The van der Waals surface area contributed by atoms with Gasteiger partial charge in [-0.15, -0.1) is 0 Å². The molecule has 34 heavy (non-hydrogen) atoms. The Labute approximate surface area is 197 Å². The lowest BCUT2D eigenvalue weighted by molar-refractivity contribution is -0.133. The standard InChI is InChI=1S/C25H26N6O3/c1-25(24(34)28-13-17-7-3-2-4-8-17)15-30-16-29-20(21(30)23(33)31(25)19-10-11-19)22(32)27-14-18-9-5-6-12-26-18/h2-9,12,16,19H,10-11,13-15H2,1H3,(H,27,32)(H,28,34). The molecular formula is C25H26N6O3. The Hall–Kier alpha value is -4.01. The zero-order valence-corrected chi connectivity index (χ0v) is 18.9. The molecule has 9 nitrogen and oxygen atoms in total. The Bertz CT molecular complexity index is 1220. The first kappa shape index (κ1) is 21.8. The number of hydrogen-bond acceptors (Lipinski definition) is 5. The van der Waals surface area contributed by atoms with Crippen molar-refractivity contribution in [2.75, 3.05) is 0 Å². The van der Waals surface area contributed by atoms with Gasteiger partial charge in [0.25, 0.3) is 11.8 Å². The predicted octanol–water partition coefficient (Wildman–Crippen LogP) is 1.90. The average molecular weight is 459 g/mol. The van der Waals surface area contributed by atoms with Crippen molar-refractivity contribution in [1.29, 1.82) is 0 Å². The van der Waals surface area contributed by atoms with Gasteiger partial charge in [0.2, 0.25) is 5.91 Å². The predicted molar refractivity (Wildman–Crippen MR) is 124 cm³/mol. The number of rotatable bonds is 7. The topological polar surface area (TPSA) is 109 Å². The minimum atomic E-state index is -1.08. The largest absolute Gasteiger partial charge is 0.350 e. The van der Waals surface area contributed by atoms with Crippen LogP contribution in [0.2, 0.25) is 0 Å². The van der Waals surface area contributed by atoms with Crippen molar-refractivity contribution in [3.05, 3.63) is 83.7 Å². The molecule has 1 atom stereocenters. The fourth-order valence-electron chi connectivity index (χ4n) is 4.45. The maximum absolute atomic E-state index is 13.6. The monoisotopic (exact) mass is 458 g/mol. The normalized spacial score (nSPS) is 19.4. The number of aromatic nitrogens is 3. The van der Waals surface area contributed by atoms with E-state index in [-0.39, 0.29) is 42.3 Å². The molecule has 2 aliphatic rings. The summed E-state index contributed by atoms with van der Waals surface area (Å²) in [7, 11) is 0. The second kappa shape index (κ2) is 8.74. The van der Waals surface area contributed by atoms with Gasteiger partial charge in [-0.25, -0.2) is 4.98 Å². The van der Waals surface area contributed by atoms with Gasteiger partial charge in [0.05, 0.1) is 25.1 Å². The van der Waals surface area contributed by atoms with E-state index in [9.17, 15) is 14.4 Å². The summed E-state index contributed by atoms with van der Waals surface area (Å²) in [5.41, 5.74) is 0.895. The maximum atomic E-state index is 13.6. The molecule has 1 fully saturated rings. The lowest BCUT2D eigenvalue weighted by atomic mass is 9.93. The summed E-state index contributed by atoms with van der Waals surface area (Å²) >= 11 is 0. The van der Waals surface area contributed by atoms with Gasteiger partial charge in [-0.05, 0) is 37.5 Å². The minimum absolute atomic E-state index is 0.0203. The van der Waals surface area contributed by atoms with Gasteiger partial charge in [-0.1, -0.05) is 36.4 Å². The summed E-state index contributed by atoms with van der Waals surface area (Å²) in [5, 5.41) is 5.77. The van der Waals surface area contributed by atoms with E-state index in [1.54, 1.807) is 28.7 Å². The van der Waals surface area contributed by atoms with Gasteiger partial charge in [-0.2, -0.15) is 0 Å². The Morgan fingerprint density at radius 1 is 1.03 bits per heavy atom. The summed E-state index contributed by atoms with van der Waals surface area (Å²) in [6, 6.07) is 15.1. The molecule has 1 aliphatic carbocycles. The molecule has 2 N–H and O–H groups in total. The van der Waals surface area contributed by atoms with Crippen LogP contribution in [0.3, 0.4) is 0 Å². The van der Waals surface area contributed by atoms with E-state index in [0.717, 1.165) is 18.4 Å². The number of fused-ring (bicyclic) bond motifs is 1.